The molecule has 1 aromatic rings. The highest BCUT2D eigenvalue weighted by molar-refractivity contribution is 6.34. The molecule has 0 aliphatic rings. The number of rotatable bonds is 4. The predicted molar refractivity (Wildman–Crippen MR) is 66.1 cm³/mol. The van der Waals surface area contributed by atoms with Crippen LogP contribution in [0.5, 0.6) is 0 Å². The number of hydrogen-bond acceptors (Lipinski definition) is 3. The van der Waals surface area contributed by atoms with Crippen molar-refractivity contribution in [1.82, 2.24) is 0 Å². The van der Waals surface area contributed by atoms with Crippen molar-refractivity contribution in [3.8, 4) is 0 Å². The summed E-state index contributed by atoms with van der Waals surface area (Å²) in [5.74, 6) is 0.0931. The molecule has 1 N–H and O–H groups in total. The summed E-state index contributed by atoms with van der Waals surface area (Å²) in [5, 5.41) is 3.69. The average molecular weight is 242 g/mol. The number of para-hydroxylation sites is 1. The van der Waals surface area contributed by atoms with Gasteiger partial charge in [0.1, 0.15) is 0 Å². The molecule has 0 atom stereocenters. The average Bonchev–Trinajstić information content (AvgIpc) is 2.25. The van der Waals surface area contributed by atoms with Crippen molar-refractivity contribution in [3.63, 3.8) is 0 Å². The number of halogens is 1. The van der Waals surface area contributed by atoms with Crippen LogP contribution >= 0.6 is 11.6 Å². The fraction of sp³-hybridized carbons (Fsp3) is 0.417. The molecule has 0 heterocycles. The Hall–Kier alpha value is -1.22. The fourth-order valence-corrected chi connectivity index (χ4v) is 1.53. The first-order valence-corrected chi connectivity index (χ1v) is 5.54. The molecule has 3 nitrogen and oxygen atoms in total. The maximum atomic E-state index is 11.5. The number of ether oxygens (including phenoxy) is 1. The highest BCUT2D eigenvalue weighted by Gasteiger charge is 2.14. The van der Waals surface area contributed by atoms with Crippen LogP contribution in [0.15, 0.2) is 18.2 Å². The Morgan fingerprint density at radius 2 is 2.19 bits per heavy atom. The van der Waals surface area contributed by atoms with Gasteiger partial charge in [0, 0.05) is 6.54 Å². The smallest absolute Gasteiger partial charge is 0.340 e. The van der Waals surface area contributed by atoms with E-state index in [4.69, 9.17) is 16.3 Å². The monoisotopic (exact) mass is 241 g/mol. The van der Waals surface area contributed by atoms with E-state index in [2.05, 4.69) is 19.2 Å². The van der Waals surface area contributed by atoms with Gasteiger partial charge < -0.3 is 10.1 Å². The number of benzene rings is 1. The van der Waals surface area contributed by atoms with Crippen molar-refractivity contribution in [2.45, 2.75) is 13.8 Å². The van der Waals surface area contributed by atoms with Gasteiger partial charge in [-0.15, -0.1) is 0 Å². The summed E-state index contributed by atoms with van der Waals surface area (Å²) in [6.45, 7) is 4.93. The first-order valence-electron chi connectivity index (χ1n) is 5.17. The topological polar surface area (TPSA) is 38.3 Å². The first-order chi connectivity index (χ1) is 7.56. The predicted octanol–water partition coefficient (Wildman–Crippen LogP) is 3.19. The van der Waals surface area contributed by atoms with Gasteiger partial charge in [-0.2, -0.15) is 0 Å². The Bertz CT molecular complexity index is 377. The molecule has 0 aliphatic heterocycles. The van der Waals surface area contributed by atoms with Gasteiger partial charge in [-0.25, -0.2) is 4.79 Å². The number of methoxy groups -OCH3 is 1. The molecular formula is C12H16ClNO2. The third kappa shape index (κ3) is 3.14. The SMILES string of the molecule is COC(=O)c1cccc(Cl)c1NCC(C)C. The Balaban J connectivity index is 2.99. The van der Waals surface area contributed by atoms with Gasteiger partial charge in [-0.1, -0.05) is 31.5 Å². The largest absolute Gasteiger partial charge is 0.465 e. The van der Waals surface area contributed by atoms with Crippen LogP contribution < -0.4 is 5.32 Å². The Morgan fingerprint density at radius 1 is 1.50 bits per heavy atom. The molecule has 0 radical (unpaired) electrons. The summed E-state index contributed by atoms with van der Waals surface area (Å²) in [6, 6.07) is 5.17. The second-order valence-electron chi connectivity index (χ2n) is 3.93. The van der Waals surface area contributed by atoms with Crippen LogP contribution in [0.4, 0.5) is 5.69 Å². The van der Waals surface area contributed by atoms with E-state index in [0.717, 1.165) is 6.54 Å². The molecule has 0 saturated carbocycles. The van der Waals surface area contributed by atoms with Crippen molar-refractivity contribution >= 4 is 23.3 Å². The van der Waals surface area contributed by atoms with Crippen LogP contribution in [0, 0.1) is 5.92 Å². The lowest BCUT2D eigenvalue weighted by molar-refractivity contribution is 0.0602. The zero-order valence-corrected chi connectivity index (χ0v) is 10.5. The van der Waals surface area contributed by atoms with Gasteiger partial charge in [0.05, 0.1) is 23.4 Å². The molecule has 1 rings (SSSR count). The second-order valence-corrected chi connectivity index (χ2v) is 4.34. The summed E-state index contributed by atoms with van der Waals surface area (Å²) >= 11 is 6.04. The number of anilines is 1. The summed E-state index contributed by atoms with van der Waals surface area (Å²) in [4.78, 5) is 11.5. The summed E-state index contributed by atoms with van der Waals surface area (Å²) in [6.07, 6.45) is 0. The molecule has 88 valence electrons. The van der Waals surface area contributed by atoms with Crippen molar-refractivity contribution in [1.29, 1.82) is 0 Å². The van der Waals surface area contributed by atoms with Gasteiger partial charge in [0.15, 0.2) is 0 Å². The van der Waals surface area contributed by atoms with E-state index >= 15 is 0 Å². The molecule has 0 unspecified atom stereocenters. The third-order valence-corrected chi connectivity index (χ3v) is 2.42. The normalized spacial score (nSPS) is 10.3. The Kier molecular flexibility index (Phi) is 4.62. The lowest BCUT2D eigenvalue weighted by Gasteiger charge is -2.13. The number of carbonyl (C=O) groups is 1. The van der Waals surface area contributed by atoms with E-state index in [1.54, 1.807) is 18.2 Å². The number of nitrogens with one attached hydrogen (secondary N) is 1. The van der Waals surface area contributed by atoms with E-state index in [-0.39, 0.29) is 5.97 Å². The zero-order valence-electron chi connectivity index (χ0n) is 9.71. The van der Waals surface area contributed by atoms with Crippen molar-refractivity contribution in [2.75, 3.05) is 19.0 Å². The summed E-state index contributed by atoms with van der Waals surface area (Å²) in [5.41, 5.74) is 1.11. The maximum absolute atomic E-state index is 11.5. The lowest BCUT2D eigenvalue weighted by Crippen LogP contribution is -2.13. The van der Waals surface area contributed by atoms with Gasteiger partial charge in [0.2, 0.25) is 0 Å². The number of esters is 1. The van der Waals surface area contributed by atoms with Crippen LogP contribution in [-0.2, 0) is 4.74 Å². The quantitative estimate of drug-likeness (QED) is 0.823. The molecule has 0 fully saturated rings. The van der Waals surface area contributed by atoms with E-state index < -0.39 is 0 Å². The minimum absolute atomic E-state index is 0.381. The molecule has 0 aromatic heterocycles. The molecule has 4 heteroatoms. The second kappa shape index (κ2) is 5.75. The highest BCUT2D eigenvalue weighted by Crippen LogP contribution is 2.26. The summed E-state index contributed by atoms with van der Waals surface area (Å²) in [7, 11) is 1.36. The van der Waals surface area contributed by atoms with Gasteiger partial charge >= 0.3 is 5.97 Å². The standard InChI is InChI=1S/C12H16ClNO2/c1-8(2)7-14-11-9(12(15)16-3)5-4-6-10(11)13/h4-6,8,14H,7H2,1-3H3. The Morgan fingerprint density at radius 3 is 2.75 bits per heavy atom. The molecule has 0 bridgehead atoms. The molecule has 0 spiro atoms. The van der Waals surface area contributed by atoms with Crippen LogP contribution in [0.25, 0.3) is 0 Å². The van der Waals surface area contributed by atoms with Crippen LogP contribution in [-0.4, -0.2) is 19.6 Å². The highest BCUT2D eigenvalue weighted by atomic mass is 35.5. The van der Waals surface area contributed by atoms with E-state index in [0.29, 0.717) is 22.2 Å². The lowest BCUT2D eigenvalue weighted by atomic mass is 10.1. The number of hydrogen-bond donors (Lipinski definition) is 1. The first kappa shape index (κ1) is 12.8. The fourth-order valence-electron chi connectivity index (χ4n) is 1.29. The van der Waals surface area contributed by atoms with E-state index in [1.165, 1.54) is 7.11 Å². The van der Waals surface area contributed by atoms with Crippen molar-refractivity contribution in [2.24, 2.45) is 5.92 Å². The molecule has 1 aromatic carbocycles. The Labute approximate surface area is 101 Å². The van der Waals surface area contributed by atoms with Crippen LogP contribution in [0.1, 0.15) is 24.2 Å². The zero-order chi connectivity index (χ0) is 12.1. The number of carbonyl (C=O) groups excluding carboxylic acids is 1. The van der Waals surface area contributed by atoms with Crippen molar-refractivity contribution in [3.05, 3.63) is 28.8 Å². The minimum atomic E-state index is -0.381. The maximum Gasteiger partial charge on any atom is 0.340 e. The van der Waals surface area contributed by atoms with Gasteiger partial charge in [0.25, 0.3) is 0 Å². The molecule has 0 aliphatic carbocycles. The van der Waals surface area contributed by atoms with Gasteiger partial charge in [-0.05, 0) is 18.1 Å². The molecule has 0 saturated heterocycles. The molecule has 0 amide bonds. The third-order valence-electron chi connectivity index (χ3n) is 2.11. The minimum Gasteiger partial charge on any atom is -0.465 e. The van der Waals surface area contributed by atoms with Crippen LogP contribution in [0.2, 0.25) is 5.02 Å². The molecular weight excluding hydrogens is 226 g/mol. The van der Waals surface area contributed by atoms with Gasteiger partial charge in [-0.3, -0.25) is 0 Å². The molecule has 16 heavy (non-hydrogen) atoms. The van der Waals surface area contributed by atoms with E-state index in [9.17, 15) is 4.79 Å². The summed E-state index contributed by atoms with van der Waals surface area (Å²) < 4.78 is 4.70. The van der Waals surface area contributed by atoms with Crippen molar-refractivity contribution < 1.29 is 9.53 Å². The van der Waals surface area contributed by atoms with E-state index in [1.807, 2.05) is 0 Å². The van der Waals surface area contributed by atoms with Crippen LogP contribution in [0.3, 0.4) is 0 Å².